The Morgan fingerprint density at radius 1 is 0.846 bits per heavy atom. The van der Waals surface area contributed by atoms with Crippen LogP contribution in [0.4, 0.5) is 0 Å². The van der Waals surface area contributed by atoms with Crippen molar-refractivity contribution < 1.29 is 14.6 Å². The topological polar surface area (TPSA) is 46.5 Å². The van der Waals surface area contributed by atoms with Crippen LogP contribution in [0.25, 0.3) is 0 Å². The summed E-state index contributed by atoms with van der Waals surface area (Å²) in [5.74, 6) is -0.237. The molecular weight excluding hydrogens is 324 g/mol. The van der Waals surface area contributed by atoms with Gasteiger partial charge in [-0.1, -0.05) is 67.7 Å². The minimum absolute atomic E-state index is 0.124. The number of carbonyl (C=O) groups excluding carboxylic acids is 1. The van der Waals surface area contributed by atoms with Gasteiger partial charge in [0.15, 0.2) is 0 Å². The molecule has 0 spiro atoms. The molecule has 26 heavy (non-hydrogen) atoms. The van der Waals surface area contributed by atoms with Crippen molar-refractivity contribution in [2.24, 2.45) is 0 Å². The highest BCUT2D eigenvalue weighted by Gasteiger charge is 2.06. The molecule has 3 nitrogen and oxygen atoms in total. The fraction of sp³-hybridized carbons (Fsp3) is 0.522. The van der Waals surface area contributed by atoms with Crippen molar-refractivity contribution in [1.82, 2.24) is 0 Å². The standard InChI is InChI=1S/C23H36O3/c1-3-4-5-6-7-8-9-10-11-12-13-14-15-16-17-18-19-20-23(25)26-22(2)21-24/h4-5,7-8,10-11,13-14,16-17,22,24H,3,6,9,12,15,18-21H2,1-2H3/b5-4-,8-7-,11-10-,14-13-,17-16-. The minimum Gasteiger partial charge on any atom is -0.460 e. The molecule has 3 heteroatoms. The molecule has 0 bridgehead atoms. The maximum atomic E-state index is 11.4. The Morgan fingerprint density at radius 3 is 1.77 bits per heavy atom. The molecule has 0 aliphatic rings. The van der Waals surface area contributed by atoms with E-state index in [0.29, 0.717) is 6.42 Å². The lowest BCUT2D eigenvalue weighted by molar-refractivity contribution is -0.150. The highest BCUT2D eigenvalue weighted by atomic mass is 16.5. The van der Waals surface area contributed by atoms with Crippen LogP contribution >= 0.6 is 0 Å². The molecule has 0 aliphatic carbocycles. The first kappa shape index (κ1) is 24.1. The highest BCUT2D eigenvalue weighted by molar-refractivity contribution is 5.69. The molecule has 0 rings (SSSR count). The van der Waals surface area contributed by atoms with Gasteiger partial charge in [-0.05, 0) is 51.9 Å². The van der Waals surface area contributed by atoms with Gasteiger partial charge in [0.25, 0.3) is 0 Å². The second-order valence-electron chi connectivity index (χ2n) is 6.08. The van der Waals surface area contributed by atoms with E-state index < -0.39 is 6.10 Å². The van der Waals surface area contributed by atoms with Gasteiger partial charge in [0.05, 0.1) is 6.61 Å². The molecule has 0 amide bonds. The molecule has 1 unspecified atom stereocenters. The lowest BCUT2D eigenvalue weighted by Crippen LogP contribution is -2.17. The van der Waals surface area contributed by atoms with E-state index >= 15 is 0 Å². The summed E-state index contributed by atoms with van der Waals surface area (Å²) in [6, 6.07) is 0. The van der Waals surface area contributed by atoms with Gasteiger partial charge in [-0.2, -0.15) is 0 Å². The summed E-state index contributed by atoms with van der Waals surface area (Å²) in [6.07, 6.45) is 28.4. The van der Waals surface area contributed by atoms with Crippen LogP contribution in [0.3, 0.4) is 0 Å². The average Bonchev–Trinajstić information content (AvgIpc) is 2.64. The summed E-state index contributed by atoms with van der Waals surface area (Å²) in [6.45, 7) is 3.70. The Kier molecular flexibility index (Phi) is 18.1. The Bertz CT molecular complexity index is 470. The molecule has 0 radical (unpaired) electrons. The molecule has 0 aliphatic heterocycles. The number of hydrogen-bond donors (Lipinski definition) is 1. The smallest absolute Gasteiger partial charge is 0.306 e. The lowest BCUT2D eigenvalue weighted by Gasteiger charge is -2.09. The highest BCUT2D eigenvalue weighted by Crippen LogP contribution is 2.02. The van der Waals surface area contributed by atoms with Crippen LogP contribution in [-0.2, 0) is 9.53 Å². The number of aliphatic hydroxyl groups excluding tert-OH is 1. The Labute approximate surface area is 159 Å². The Balaban J connectivity index is 3.54. The first-order valence-electron chi connectivity index (χ1n) is 9.76. The van der Waals surface area contributed by atoms with Crippen molar-refractivity contribution >= 4 is 5.97 Å². The number of aliphatic hydroxyl groups is 1. The molecule has 0 aromatic rings. The largest absolute Gasteiger partial charge is 0.460 e. The molecule has 0 fully saturated rings. The van der Waals surface area contributed by atoms with Gasteiger partial charge < -0.3 is 9.84 Å². The van der Waals surface area contributed by atoms with Crippen LogP contribution < -0.4 is 0 Å². The maximum absolute atomic E-state index is 11.4. The van der Waals surface area contributed by atoms with Crippen LogP contribution in [0.15, 0.2) is 60.8 Å². The quantitative estimate of drug-likeness (QED) is 0.227. The minimum atomic E-state index is -0.406. The molecule has 0 heterocycles. The first-order chi connectivity index (χ1) is 12.7. The molecule has 0 aromatic carbocycles. The second kappa shape index (κ2) is 19.5. The summed E-state index contributed by atoms with van der Waals surface area (Å²) in [5, 5.41) is 8.80. The van der Waals surface area contributed by atoms with Gasteiger partial charge in [0, 0.05) is 6.42 Å². The number of rotatable bonds is 15. The SMILES string of the molecule is CC/C=C\C/C=C\C/C=C\C/C=C\C/C=C\CCCC(=O)OC(C)CO. The number of unbranched alkanes of at least 4 members (excludes halogenated alkanes) is 1. The number of esters is 1. The van der Waals surface area contributed by atoms with Crippen LogP contribution in [0.1, 0.15) is 65.2 Å². The fourth-order valence-corrected chi connectivity index (χ4v) is 2.05. The zero-order chi connectivity index (χ0) is 19.3. The monoisotopic (exact) mass is 360 g/mol. The first-order valence-corrected chi connectivity index (χ1v) is 9.76. The fourth-order valence-electron chi connectivity index (χ4n) is 2.05. The van der Waals surface area contributed by atoms with Crippen LogP contribution in [0.2, 0.25) is 0 Å². The van der Waals surface area contributed by atoms with Gasteiger partial charge >= 0.3 is 5.97 Å². The van der Waals surface area contributed by atoms with E-state index in [1.54, 1.807) is 6.92 Å². The lowest BCUT2D eigenvalue weighted by atomic mass is 10.2. The third-order valence-electron chi connectivity index (χ3n) is 3.50. The zero-order valence-electron chi connectivity index (χ0n) is 16.5. The van der Waals surface area contributed by atoms with E-state index in [-0.39, 0.29) is 12.6 Å². The summed E-state index contributed by atoms with van der Waals surface area (Å²) in [7, 11) is 0. The Morgan fingerprint density at radius 2 is 1.31 bits per heavy atom. The normalized spacial score (nSPS) is 13.8. The van der Waals surface area contributed by atoms with Crippen molar-refractivity contribution in [3.63, 3.8) is 0 Å². The summed E-state index contributed by atoms with van der Waals surface area (Å²) < 4.78 is 4.99. The molecule has 0 aromatic heterocycles. The maximum Gasteiger partial charge on any atom is 0.306 e. The Hall–Kier alpha value is -1.87. The van der Waals surface area contributed by atoms with Gasteiger partial charge in [0.2, 0.25) is 0 Å². The van der Waals surface area contributed by atoms with E-state index in [0.717, 1.165) is 44.9 Å². The van der Waals surface area contributed by atoms with Crippen LogP contribution in [0, 0.1) is 0 Å². The zero-order valence-corrected chi connectivity index (χ0v) is 16.5. The van der Waals surface area contributed by atoms with E-state index in [2.05, 4.69) is 67.7 Å². The van der Waals surface area contributed by atoms with Crippen molar-refractivity contribution in [1.29, 1.82) is 0 Å². The number of ether oxygens (including phenoxy) is 1. The summed E-state index contributed by atoms with van der Waals surface area (Å²) in [5.41, 5.74) is 0. The molecule has 0 saturated heterocycles. The molecule has 1 N–H and O–H groups in total. The van der Waals surface area contributed by atoms with Gasteiger partial charge in [-0.3, -0.25) is 4.79 Å². The average molecular weight is 361 g/mol. The van der Waals surface area contributed by atoms with Crippen molar-refractivity contribution in [3.05, 3.63) is 60.8 Å². The summed E-state index contributed by atoms with van der Waals surface area (Å²) in [4.78, 5) is 11.4. The van der Waals surface area contributed by atoms with Crippen LogP contribution in [-0.4, -0.2) is 23.8 Å². The predicted molar refractivity (Wildman–Crippen MR) is 111 cm³/mol. The van der Waals surface area contributed by atoms with Crippen LogP contribution in [0.5, 0.6) is 0 Å². The third kappa shape index (κ3) is 18.5. The van der Waals surface area contributed by atoms with E-state index in [1.807, 2.05) is 0 Å². The second-order valence-corrected chi connectivity index (χ2v) is 6.08. The van der Waals surface area contributed by atoms with Gasteiger partial charge in [-0.25, -0.2) is 0 Å². The van der Waals surface area contributed by atoms with E-state index in [9.17, 15) is 4.79 Å². The van der Waals surface area contributed by atoms with E-state index in [1.165, 1.54) is 0 Å². The number of hydrogen-bond acceptors (Lipinski definition) is 3. The van der Waals surface area contributed by atoms with Gasteiger partial charge in [0.1, 0.15) is 6.10 Å². The molecule has 146 valence electrons. The molecule has 1 atom stereocenters. The van der Waals surface area contributed by atoms with E-state index in [4.69, 9.17) is 9.84 Å². The third-order valence-corrected chi connectivity index (χ3v) is 3.50. The van der Waals surface area contributed by atoms with Crippen molar-refractivity contribution in [2.45, 2.75) is 71.3 Å². The molecule has 0 saturated carbocycles. The van der Waals surface area contributed by atoms with Crippen molar-refractivity contribution in [3.8, 4) is 0 Å². The molecular formula is C23H36O3. The predicted octanol–water partition coefficient (Wildman–Crippen LogP) is 5.83. The number of carbonyl (C=O) groups is 1. The number of allylic oxidation sites excluding steroid dienone is 10. The van der Waals surface area contributed by atoms with Gasteiger partial charge in [-0.15, -0.1) is 0 Å². The summed E-state index contributed by atoms with van der Waals surface area (Å²) >= 11 is 0. The van der Waals surface area contributed by atoms with Crippen molar-refractivity contribution in [2.75, 3.05) is 6.61 Å².